The number of ether oxygens (including phenoxy) is 3. The Bertz CT molecular complexity index is 865. The van der Waals surface area contributed by atoms with Gasteiger partial charge in [0.25, 0.3) is 5.91 Å². The van der Waals surface area contributed by atoms with Crippen LogP contribution in [0, 0.1) is 0 Å². The first-order valence-electron chi connectivity index (χ1n) is 7.86. The van der Waals surface area contributed by atoms with Gasteiger partial charge in [-0.25, -0.2) is 4.98 Å². The molecule has 0 bridgehead atoms. The smallest absolute Gasteiger partial charge is 0.255 e. The van der Waals surface area contributed by atoms with Gasteiger partial charge < -0.3 is 24.1 Å². The van der Waals surface area contributed by atoms with E-state index in [-0.39, 0.29) is 5.91 Å². The third-order valence-electron chi connectivity index (χ3n) is 3.85. The lowest BCUT2D eigenvalue weighted by Gasteiger charge is -2.14. The average molecular weight is 353 g/mol. The van der Waals surface area contributed by atoms with Crippen molar-refractivity contribution in [1.82, 2.24) is 9.55 Å². The quantitative estimate of drug-likeness (QED) is 0.737. The van der Waals surface area contributed by atoms with Gasteiger partial charge >= 0.3 is 0 Å². The van der Waals surface area contributed by atoms with E-state index in [4.69, 9.17) is 14.2 Å². The van der Waals surface area contributed by atoms with Crippen LogP contribution < -0.4 is 19.5 Å². The zero-order chi connectivity index (χ0) is 18.5. The summed E-state index contributed by atoms with van der Waals surface area (Å²) in [5.74, 6) is 1.01. The van der Waals surface area contributed by atoms with Gasteiger partial charge in [-0.3, -0.25) is 4.79 Å². The van der Waals surface area contributed by atoms with Gasteiger partial charge in [0.2, 0.25) is 5.75 Å². The molecule has 0 saturated heterocycles. The van der Waals surface area contributed by atoms with Crippen molar-refractivity contribution in [3.05, 3.63) is 60.7 Å². The molecule has 3 rings (SSSR count). The number of nitrogens with one attached hydrogen (secondary N) is 1. The fraction of sp³-hybridized carbons (Fsp3) is 0.158. The van der Waals surface area contributed by atoms with Crippen molar-refractivity contribution in [2.75, 3.05) is 26.6 Å². The summed E-state index contributed by atoms with van der Waals surface area (Å²) in [6.07, 6.45) is 5.27. The normalized spacial score (nSPS) is 10.3. The van der Waals surface area contributed by atoms with Crippen molar-refractivity contribution in [3.8, 4) is 22.9 Å². The van der Waals surface area contributed by atoms with Crippen LogP contribution in [0.4, 0.5) is 5.69 Å². The minimum atomic E-state index is -0.278. The second-order valence-corrected chi connectivity index (χ2v) is 5.38. The maximum atomic E-state index is 12.6. The van der Waals surface area contributed by atoms with Crippen LogP contribution in [0.5, 0.6) is 17.2 Å². The predicted molar refractivity (Wildman–Crippen MR) is 97.6 cm³/mol. The number of rotatable bonds is 6. The molecule has 0 spiro atoms. The second kappa shape index (κ2) is 7.60. The molecule has 2 aromatic carbocycles. The fourth-order valence-electron chi connectivity index (χ4n) is 2.54. The van der Waals surface area contributed by atoms with Crippen LogP contribution in [-0.4, -0.2) is 36.8 Å². The van der Waals surface area contributed by atoms with E-state index in [1.54, 1.807) is 24.7 Å². The van der Waals surface area contributed by atoms with Gasteiger partial charge in [0, 0.05) is 29.3 Å². The highest BCUT2D eigenvalue weighted by Gasteiger charge is 2.17. The van der Waals surface area contributed by atoms with Gasteiger partial charge in [0.15, 0.2) is 11.5 Å². The van der Waals surface area contributed by atoms with Gasteiger partial charge in [-0.2, -0.15) is 0 Å². The molecule has 0 aliphatic heterocycles. The summed E-state index contributed by atoms with van der Waals surface area (Å²) in [6.45, 7) is 0. The number of aromatic nitrogens is 2. The lowest BCUT2D eigenvalue weighted by Crippen LogP contribution is -2.12. The summed E-state index contributed by atoms with van der Waals surface area (Å²) in [7, 11) is 4.53. The fourth-order valence-corrected chi connectivity index (χ4v) is 2.54. The Labute approximate surface area is 151 Å². The highest BCUT2D eigenvalue weighted by Crippen LogP contribution is 2.38. The molecule has 0 atom stereocenters. The van der Waals surface area contributed by atoms with Gasteiger partial charge in [-0.15, -0.1) is 0 Å². The number of imidazole rings is 1. The van der Waals surface area contributed by atoms with E-state index >= 15 is 0 Å². The van der Waals surface area contributed by atoms with Gasteiger partial charge in [0.1, 0.15) is 0 Å². The highest BCUT2D eigenvalue weighted by molar-refractivity contribution is 6.05. The minimum Gasteiger partial charge on any atom is -0.493 e. The lowest BCUT2D eigenvalue weighted by molar-refractivity contribution is 0.102. The molecule has 0 aliphatic carbocycles. The standard InChI is InChI=1S/C19H19N3O4/c1-24-16-10-13(11-17(25-2)18(16)26-3)19(23)21-14-4-6-15(7-5-14)22-9-8-20-12-22/h4-12H,1-3H3,(H,21,23). The van der Waals surface area contributed by atoms with E-state index in [0.29, 0.717) is 28.5 Å². The van der Waals surface area contributed by atoms with E-state index in [0.717, 1.165) is 5.69 Å². The van der Waals surface area contributed by atoms with E-state index in [2.05, 4.69) is 10.3 Å². The third-order valence-corrected chi connectivity index (χ3v) is 3.85. The third kappa shape index (κ3) is 3.46. The van der Waals surface area contributed by atoms with Crippen molar-refractivity contribution in [2.45, 2.75) is 0 Å². The summed E-state index contributed by atoms with van der Waals surface area (Å²) in [5.41, 5.74) is 2.03. The Morgan fingerprint density at radius 2 is 1.65 bits per heavy atom. The molecule has 7 nitrogen and oxygen atoms in total. The zero-order valence-corrected chi connectivity index (χ0v) is 14.7. The SMILES string of the molecule is COc1cc(C(=O)Nc2ccc(-n3ccnc3)cc2)cc(OC)c1OC. The minimum absolute atomic E-state index is 0.278. The van der Waals surface area contributed by atoms with E-state index < -0.39 is 0 Å². The van der Waals surface area contributed by atoms with Crippen LogP contribution >= 0.6 is 0 Å². The number of hydrogen-bond donors (Lipinski definition) is 1. The zero-order valence-electron chi connectivity index (χ0n) is 14.7. The van der Waals surface area contributed by atoms with Crippen molar-refractivity contribution < 1.29 is 19.0 Å². The molecule has 0 saturated carbocycles. The molecular weight excluding hydrogens is 334 g/mol. The van der Waals surface area contributed by atoms with Crippen LogP contribution in [0.25, 0.3) is 5.69 Å². The van der Waals surface area contributed by atoms with E-state index in [1.165, 1.54) is 21.3 Å². The number of carbonyl (C=O) groups is 1. The van der Waals surface area contributed by atoms with Crippen molar-refractivity contribution >= 4 is 11.6 Å². The van der Waals surface area contributed by atoms with E-state index in [1.807, 2.05) is 35.0 Å². The van der Waals surface area contributed by atoms with Gasteiger partial charge in [-0.1, -0.05) is 0 Å². The number of methoxy groups -OCH3 is 3. The molecule has 1 heterocycles. The molecule has 1 aromatic heterocycles. The Kier molecular flexibility index (Phi) is 5.07. The molecule has 3 aromatic rings. The molecule has 0 fully saturated rings. The van der Waals surface area contributed by atoms with Crippen LogP contribution in [0.3, 0.4) is 0 Å². The van der Waals surface area contributed by atoms with E-state index in [9.17, 15) is 4.79 Å². The van der Waals surface area contributed by atoms with Crippen LogP contribution in [0.15, 0.2) is 55.1 Å². The Morgan fingerprint density at radius 3 is 2.15 bits per heavy atom. The molecule has 0 radical (unpaired) electrons. The van der Waals surface area contributed by atoms with Crippen molar-refractivity contribution in [1.29, 1.82) is 0 Å². The summed E-state index contributed by atoms with van der Waals surface area (Å²) in [5, 5.41) is 2.86. The summed E-state index contributed by atoms with van der Waals surface area (Å²) in [6, 6.07) is 10.7. The first-order valence-corrected chi connectivity index (χ1v) is 7.86. The molecule has 0 unspecified atom stereocenters. The summed E-state index contributed by atoms with van der Waals surface area (Å²) < 4.78 is 17.7. The monoisotopic (exact) mass is 353 g/mol. The first kappa shape index (κ1) is 17.3. The number of benzene rings is 2. The van der Waals surface area contributed by atoms with Gasteiger partial charge in [-0.05, 0) is 36.4 Å². The molecule has 1 N–H and O–H groups in total. The summed E-state index contributed by atoms with van der Waals surface area (Å²) in [4.78, 5) is 16.6. The largest absolute Gasteiger partial charge is 0.493 e. The number of carbonyl (C=O) groups excluding carboxylic acids is 1. The topological polar surface area (TPSA) is 74.6 Å². The molecule has 0 aliphatic rings. The maximum Gasteiger partial charge on any atom is 0.255 e. The van der Waals surface area contributed by atoms with Crippen molar-refractivity contribution in [2.24, 2.45) is 0 Å². The number of amides is 1. The van der Waals surface area contributed by atoms with Gasteiger partial charge in [0.05, 0.1) is 27.7 Å². The predicted octanol–water partition coefficient (Wildman–Crippen LogP) is 3.15. The first-order chi connectivity index (χ1) is 12.7. The highest BCUT2D eigenvalue weighted by atomic mass is 16.5. The second-order valence-electron chi connectivity index (χ2n) is 5.38. The number of anilines is 1. The average Bonchev–Trinajstić information content (AvgIpc) is 3.22. The molecule has 134 valence electrons. The maximum absolute atomic E-state index is 12.6. The summed E-state index contributed by atoms with van der Waals surface area (Å²) >= 11 is 0. The van der Waals surface area contributed by atoms with Crippen LogP contribution in [0.1, 0.15) is 10.4 Å². The van der Waals surface area contributed by atoms with Crippen LogP contribution in [-0.2, 0) is 0 Å². The Morgan fingerprint density at radius 1 is 1.00 bits per heavy atom. The van der Waals surface area contributed by atoms with Crippen LogP contribution in [0.2, 0.25) is 0 Å². The van der Waals surface area contributed by atoms with Crippen molar-refractivity contribution in [3.63, 3.8) is 0 Å². The Hall–Kier alpha value is -3.48. The molecular formula is C19H19N3O4. The molecule has 1 amide bonds. The Balaban J connectivity index is 1.81. The molecule has 7 heteroatoms. The molecule has 26 heavy (non-hydrogen) atoms. The number of hydrogen-bond acceptors (Lipinski definition) is 5. The number of nitrogens with zero attached hydrogens (tertiary/aromatic N) is 2. The lowest BCUT2D eigenvalue weighted by atomic mass is 10.1.